The van der Waals surface area contributed by atoms with E-state index in [1.165, 1.54) is 0 Å². The van der Waals surface area contributed by atoms with E-state index in [0.29, 0.717) is 12.3 Å². The van der Waals surface area contributed by atoms with Gasteiger partial charge in [0.1, 0.15) is 0 Å². The number of aromatic hydroxyl groups is 1. The summed E-state index contributed by atoms with van der Waals surface area (Å²) in [6, 6.07) is 5.49. The Bertz CT molecular complexity index is 274. The van der Waals surface area contributed by atoms with Crippen molar-refractivity contribution in [1.82, 2.24) is 0 Å². The molecule has 0 saturated carbocycles. The molecule has 0 aromatic heterocycles. The van der Waals surface area contributed by atoms with Crippen LogP contribution in [0.3, 0.4) is 0 Å². The minimum Gasteiger partial charge on any atom is -0.504 e. The molecule has 3 nitrogen and oxygen atoms in total. The molecule has 0 heterocycles. The Kier molecular flexibility index (Phi) is 3.58. The second-order valence-corrected chi connectivity index (χ2v) is 2.86. The third-order valence-corrected chi connectivity index (χ3v) is 1.95. The van der Waals surface area contributed by atoms with Crippen molar-refractivity contribution in [3.8, 4) is 11.5 Å². The van der Waals surface area contributed by atoms with Gasteiger partial charge in [-0.15, -0.1) is 0 Å². The summed E-state index contributed by atoms with van der Waals surface area (Å²) >= 11 is 0. The fourth-order valence-electron chi connectivity index (χ4n) is 1.23. The van der Waals surface area contributed by atoms with Crippen LogP contribution in [0.1, 0.15) is 12.0 Å². The molecule has 0 saturated heterocycles. The number of nitrogens with two attached hydrogens (primary N) is 1. The Morgan fingerprint density at radius 2 is 2.23 bits per heavy atom. The maximum absolute atomic E-state index is 9.65. The third-order valence-electron chi connectivity index (χ3n) is 1.95. The second kappa shape index (κ2) is 4.72. The number of hydrogen-bond donors (Lipinski definition) is 2. The third kappa shape index (κ3) is 2.36. The molecule has 0 unspecified atom stereocenters. The standard InChI is InChI=1S/C10H15NO2/c1-13-9-6-2-4-8(10(9)12)5-3-7-11/h2,4,6,12H,3,5,7,11H2,1H3. The van der Waals surface area contributed by atoms with Crippen molar-refractivity contribution in [3.05, 3.63) is 23.8 Å². The summed E-state index contributed by atoms with van der Waals surface area (Å²) in [5.41, 5.74) is 6.28. The van der Waals surface area contributed by atoms with E-state index in [9.17, 15) is 5.11 Å². The molecule has 0 spiro atoms. The summed E-state index contributed by atoms with van der Waals surface area (Å²) in [6.07, 6.45) is 1.67. The van der Waals surface area contributed by atoms with Gasteiger partial charge < -0.3 is 15.6 Å². The fraction of sp³-hybridized carbons (Fsp3) is 0.400. The molecule has 3 N–H and O–H groups in total. The van der Waals surface area contributed by atoms with Gasteiger partial charge in [0.05, 0.1) is 7.11 Å². The van der Waals surface area contributed by atoms with Gasteiger partial charge in [-0.3, -0.25) is 0 Å². The number of benzene rings is 1. The van der Waals surface area contributed by atoms with Crippen LogP contribution >= 0.6 is 0 Å². The Balaban J connectivity index is 2.81. The molecule has 13 heavy (non-hydrogen) atoms. The van der Waals surface area contributed by atoms with E-state index in [0.717, 1.165) is 18.4 Å². The zero-order chi connectivity index (χ0) is 9.68. The van der Waals surface area contributed by atoms with Gasteiger partial charge in [-0.2, -0.15) is 0 Å². The zero-order valence-corrected chi connectivity index (χ0v) is 7.79. The maximum Gasteiger partial charge on any atom is 0.160 e. The van der Waals surface area contributed by atoms with Crippen LogP contribution in [-0.4, -0.2) is 18.8 Å². The summed E-state index contributed by atoms with van der Waals surface area (Å²) in [6.45, 7) is 0.636. The van der Waals surface area contributed by atoms with E-state index in [-0.39, 0.29) is 5.75 Å². The number of hydrogen-bond acceptors (Lipinski definition) is 3. The summed E-state index contributed by atoms with van der Waals surface area (Å²) < 4.78 is 4.98. The highest BCUT2D eigenvalue weighted by molar-refractivity contribution is 5.45. The normalized spacial score (nSPS) is 10.0. The van der Waals surface area contributed by atoms with Crippen molar-refractivity contribution < 1.29 is 9.84 Å². The van der Waals surface area contributed by atoms with Crippen molar-refractivity contribution in [2.45, 2.75) is 12.8 Å². The molecule has 0 aliphatic rings. The van der Waals surface area contributed by atoms with Crippen molar-refractivity contribution in [2.75, 3.05) is 13.7 Å². The van der Waals surface area contributed by atoms with Gasteiger partial charge in [-0.1, -0.05) is 12.1 Å². The first-order chi connectivity index (χ1) is 6.29. The van der Waals surface area contributed by atoms with Crippen LogP contribution in [0.25, 0.3) is 0 Å². The Labute approximate surface area is 78.1 Å². The van der Waals surface area contributed by atoms with Gasteiger partial charge >= 0.3 is 0 Å². The molecule has 1 aromatic rings. The SMILES string of the molecule is COc1cccc(CCCN)c1O. The van der Waals surface area contributed by atoms with E-state index in [1.807, 2.05) is 12.1 Å². The lowest BCUT2D eigenvalue weighted by Crippen LogP contribution is -2.00. The molecular weight excluding hydrogens is 166 g/mol. The van der Waals surface area contributed by atoms with Crippen LogP contribution < -0.4 is 10.5 Å². The molecule has 1 rings (SSSR count). The van der Waals surface area contributed by atoms with Gasteiger partial charge in [0.15, 0.2) is 11.5 Å². The number of methoxy groups -OCH3 is 1. The topological polar surface area (TPSA) is 55.5 Å². The average Bonchev–Trinajstić information content (AvgIpc) is 2.16. The highest BCUT2D eigenvalue weighted by atomic mass is 16.5. The van der Waals surface area contributed by atoms with E-state index in [2.05, 4.69) is 0 Å². The molecular formula is C10H15NO2. The zero-order valence-electron chi connectivity index (χ0n) is 7.79. The first-order valence-corrected chi connectivity index (χ1v) is 4.34. The van der Waals surface area contributed by atoms with Gasteiger partial charge in [0.2, 0.25) is 0 Å². The van der Waals surface area contributed by atoms with Crippen molar-refractivity contribution in [2.24, 2.45) is 5.73 Å². The number of phenolic OH excluding ortho intramolecular Hbond substituents is 1. The van der Waals surface area contributed by atoms with E-state index in [1.54, 1.807) is 13.2 Å². The molecule has 0 amide bonds. The Morgan fingerprint density at radius 1 is 1.46 bits per heavy atom. The van der Waals surface area contributed by atoms with Gasteiger partial charge in [0.25, 0.3) is 0 Å². The minimum absolute atomic E-state index is 0.235. The number of aryl methyl sites for hydroxylation is 1. The van der Waals surface area contributed by atoms with Crippen LogP contribution in [-0.2, 0) is 6.42 Å². The predicted molar refractivity (Wildman–Crippen MR) is 52.0 cm³/mol. The smallest absolute Gasteiger partial charge is 0.160 e. The monoisotopic (exact) mass is 181 g/mol. The van der Waals surface area contributed by atoms with E-state index < -0.39 is 0 Å². The highest BCUT2D eigenvalue weighted by Crippen LogP contribution is 2.29. The fourth-order valence-corrected chi connectivity index (χ4v) is 1.23. The van der Waals surface area contributed by atoms with Crippen molar-refractivity contribution >= 4 is 0 Å². The molecule has 3 heteroatoms. The van der Waals surface area contributed by atoms with Crippen LogP contribution in [0.15, 0.2) is 18.2 Å². The number of phenols is 1. The van der Waals surface area contributed by atoms with Crippen LogP contribution in [0.5, 0.6) is 11.5 Å². The van der Waals surface area contributed by atoms with E-state index in [4.69, 9.17) is 10.5 Å². The van der Waals surface area contributed by atoms with Crippen LogP contribution in [0.4, 0.5) is 0 Å². The predicted octanol–water partition coefficient (Wildman–Crippen LogP) is 1.29. The molecule has 0 fully saturated rings. The quantitative estimate of drug-likeness (QED) is 0.736. The van der Waals surface area contributed by atoms with Gasteiger partial charge in [-0.25, -0.2) is 0 Å². The number of para-hydroxylation sites is 1. The molecule has 0 radical (unpaired) electrons. The van der Waals surface area contributed by atoms with Crippen molar-refractivity contribution in [3.63, 3.8) is 0 Å². The summed E-state index contributed by atoms with van der Waals surface area (Å²) in [4.78, 5) is 0. The minimum atomic E-state index is 0.235. The van der Waals surface area contributed by atoms with Gasteiger partial charge in [0, 0.05) is 0 Å². The lowest BCUT2D eigenvalue weighted by atomic mass is 10.1. The number of ether oxygens (including phenoxy) is 1. The first-order valence-electron chi connectivity index (χ1n) is 4.34. The summed E-state index contributed by atoms with van der Waals surface area (Å²) in [5.74, 6) is 0.757. The molecule has 0 aliphatic carbocycles. The lowest BCUT2D eigenvalue weighted by Gasteiger charge is -2.07. The van der Waals surface area contributed by atoms with E-state index >= 15 is 0 Å². The molecule has 0 atom stereocenters. The van der Waals surface area contributed by atoms with Crippen LogP contribution in [0.2, 0.25) is 0 Å². The largest absolute Gasteiger partial charge is 0.504 e. The average molecular weight is 181 g/mol. The highest BCUT2D eigenvalue weighted by Gasteiger charge is 2.05. The lowest BCUT2D eigenvalue weighted by molar-refractivity contribution is 0.370. The van der Waals surface area contributed by atoms with Crippen molar-refractivity contribution in [1.29, 1.82) is 0 Å². The first kappa shape index (κ1) is 9.86. The molecule has 72 valence electrons. The second-order valence-electron chi connectivity index (χ2n) is 2.86. The molecule has 1 aromatic carbocycles. The Hall–Kier alpha value is -1.22. The Morgan fingerprint density at radius 3 is 2.85 bits per heavy atom. The number of rotatable bonds is 4. The van der Waals surface area contributed by atoms with Gasteiger partial charge in [-0.05, 0) is 31.0 Å². The summed E-state index contributed by atoms with van der Waals surface area (Å²) in [5, 5.41) is 9.65. The molecule has 0 bridgehead atoms. The maximum atomic E-state index is 9.65. The molecule has 0 aliphatic heterocycles. The summed E-state index contributed by atoms with van der Waals surface area (Å²) in [7, 11) is 1.54. The van der Waals surface area contributed by atoms with Crippen LogP contribution in [0, 0.1) is 0 Å².